The molecule has 210 valence electrons. The van der Waals surface area contributed by atoms with Crippen molar-refractivity contribution in [2.75, 3.05) is 54.1 Å². The zero-order chi connectivity index (χ0) is 27.0. The summed E-state index contributed by atoms with van der Waals surface area (Å²) in [5.74, 6) is 2.14. The Labute approximate surface area is 215 Å². The van der Waals surface area contributed by atoms with Crippen LogP contribution >= 0.6 is 7.81 Å². The molecule has 3 aliphatic heterocycles. The van der Waals surface area contributed by atoms with Crippen molar-refractivity contribution in [1.82, 2.24) is 15.2 Å². The molecule has 3 aliphatic rings. The summed E-state index contributed by atoms with van der Waals surface area (Å²) in [4.78, 5) is 13.1. The van der Waals surface area contributed by atoms with E-state index in [1.54, 1.807) is 4.85 Å². The standard InChI is InChI=1S/C23H30N7O.F6P/c1-2-10-20-19(9-1)24-25-30(20)31-21-11-18-29(28-16-7-8-17-28)23(27-14-5-6-15-27)22(21)26-12-3-4-13-26;1-7(2,3,4,5)6/h1-2,9-11,18H,3-8,12-17H2;/q+1;-1. The van der Waals surface area contributed by atoms with Gasteiger partial charge in [-0.1, -0.05) is 17.0 Å². The van der Waals surface area contributed by atoms with Gasteiger partial charge in [-0.25, -0.2) is 5.01 Å². The molecule has 8 nitrogen and oxygen atoms in total. The number of halogens is 6. The van der Waals surface area contributed by atoms with Crippen molar-refractivity contribution in [2.45, 2.75) is 38.5 Å². The first kappa shape index (κ1) is 26.6. The number of hydrogen-bond acceptors (Lipinski definition) is 6. The molecular formula is C23H30F6N7OP. The van der Waals surface area contributed by atoms with Crippen LogP contribution in [0.25, 0.3) is 11.0 Å². The number of pyridine rings is 1. The van der Waals surface area contributed by atoms with E-state index < -0.39 is 7.81 Å². The average molecular weight is 566 g/mol. The molecule has 0 unspecified atom stereocenters. The van der Waals surface area contributed by atoms with Crippen LogP contribution in [0.3, 0.4) is 0 Å². The quantitative estimate of drug-likeness (QED) is 0.219. The third-order valence-corrected chi connectivity index (χ3v) is 6.75. The molecular weight excluding hydrogens is 535 g/mol. The average Bonchev–Trinajstić information content (AvgIpc) is 3.65. The molecule has 0 amide bonds. The topological polar surface area (TPSA) is 53.5 Å². The van der Waals surface area contributed by atoms with Gasteiger partial charge in [-0.2, -0.15) is 0 Å². The normalized spacial score (nSPS) is 19.9. The summed E-state index contributed by atoms with van der Waals surface area (Å²) >= 11 is 0. The number of fused-ring (bicyclic) bond motifs is 1. The van der Waals surface area contributed by atoms with Crippen LogP contribution in [0.4, 0.5) is 36.7 Å². The fraction of sp³-hybridized carbons (Fsp3) is 0.522. The maximum absolute atomic E-state index is 10.7. The summed E-state index contributed by atoms with van der Waals surface area (Å²) in [6.07, 6.45) is 9.65. The van der Waals surface area contributed by atoms with Gasteiger partial charge in [0.2, 0.25) is 0 Å². The molecule has 0 atom stereocenters. The van der Waals surface area contributed by atoms with Crippen molar-refractivity contribution < 1.29 is 34.7 Å². The van der Waals surface area contributed by atoms with Crippen LogP contribution in [0.15, 0.2) is 36.5 Å². The van der Waals surface area contributed by atoms with Crippen molar-refractivity contribution in [3.8, 4) is 5.75 Å². The molecule has 0 N–H and O–H groups in total. The Balaban J connectivity index is 0.000000374. The predicted octanol–water partition coefficient (Wildman–Crippen LogP) is 5.88. The zero-order valence-corrected chi connectivity index (χ0v) is 21.6. The fourth-order valence-corrected chi connectivity index (χ4v) is 5.19. The van der Waals surface area contributed by atoms with Crippen molar-refractivity contribution in [1.29, 1.82) is 0 Å². The van der Waals surface area contributed by atoms with Crippen molar-refractivity contribution in [3.63, 3.8) is 0 Å². The molecule has 3 fully saturated rings. The molecule has 3 saturated heterocycles. The minimum absolute atomic E-state index is 0.841. The van der Waals surface area contributed by atoms with E-state index in [4.69, 9.17) is 4.84 Å². The van der Waals surface area contributed by atoms with E-state index in [0.29, 0.717) is 0 Å². The van der Waals surface area contributed by atoms with Crippen LogP contribution in [0.1, 0.15) is 38.5 Å². The minimum atomic E-state index is -10.7. The minimum Gasteiger partial charge on any atom is -0.362 e. The molecule has 0 aliphatic carbocycles. The van der Waals surface area contributed by atoms with E-state index in [-0.39, 0.29) is 0 Å². The van der Waals surface area contributed by atoms with Gasteiger partial charge in [0.1, 0.15) is 17.2 Å². The maximum Gasteiger partial charge on any atom is 0.328 e. The van der Waals surface area contributed by atoms with E-state index in [0.717, 1.165) is 56.1 Å². The Morgan fingerprint density at radius 3 is 1.92 bits per heavy atom. The number of benzene rings is 1. The van der Waals surface area contributed by atoms with Gasteiger partial charge in [-0.3, -0.25) is 4.90 Å². The van der Waals surface area contributed by atoms with Crippen LogP contribution in [-0.4, -0.2) is 54.4 Å². The Hall–Kier alpha value is -3.02. The number of nitrogens with zero attached hydrogens (tertiary/aromatic N) is 7. The smallest absolute Gasteiger partial charge is 0.328 e. The second-order valence-electron chi connectivity index (χ2n) is 9.75. The van der Waals surface area contributed by atoms with Crippen molar-refractivity contribution in [2.24, 2.45) is 0 Å². The van der Waals surface area contributed by atoms with Gasteiger partial charge in [0.15, 0.2) is 11.4 Å². The van der Waals surface area contributed by atoms with E-state index in [2.05, 4.69) is 42.1 Å². The number of aromatic nitrogens is 4. The molecule has 0 saturated carbocycles. The first-order valence-electron chi connectivity index (χ1n) is 12.7. The SMILES string of the molecule is F[P-](F)(F)(F)(F)F.c1ccc2c(c1)nnn2Oc1cc[n+](N2CCCC2)c(N2CCCC2)c1N1CCCC1. The summed E-state index contributed by atoms with van der Waals surface area (Å²) in [6.45, 7) is 6.56. The molecule has 0 radical (unpaired) electrons. The van der Waals surface area contributed by atoms with Gasteiger partial charge in [0.25, 0.3) is 0 Å². The summed E-state index contributed by atoms with van der Waals surface area (Å²) in [7, 11) is -10.7. The van der Waals surface area contributed by atoms with Crippen LogP contribution in [-0.2, 0) is 0 Å². The van der Waals surface area contributed by atoms with Gasteiger partial charge < -0.3 is 9.74 Å². The zero-order valence-electron chi connectivity index (χ0n) is 20.7. The number of hydrogen-bond donors (Lipinski definition) is 0. The largest absolute Gasteiger partial charge is 0.362 e. The van der Waals surface area contributed by atoms with Crippen molar-refractivity contribution >= 4 is 30.3 Å². The second-order valence-corrected chi connectivity index (χ2v) is 11.7. The predicted molar refractivity (Wildman–Crippen MR) is 134 cm³/mol. The van der Waals surface area contributed by atoms with Crippen LogP contribution in [0.2, 0.25) is 0 Å². The van der Waals surface area contributed by atoms with Crippen LogP contribution in [0.5, 0.6) is 5.75 Å². The number of rotatable bonds is 5. The molecule has 6 rings (SSSR count). The maximum atomic E-state index is 9.87. The molecule has 0 bridgehead atoms. The molecule has 3 aromatic rings. The van der Waals surface area contributed by atoms with Crippen LogP contribution in [0, 0.1) is 0 Å². The Morgan fingerprint density at radius 2 is 1.29 bits per heavy atom. The van der Waals surface area contributed by atoms with E-state index in [9.17, 15) is 25.2 Å². The van der Waals surface area contributed by atoms with Gasteiger partial charge in [-0.05, 0) is 55.9 Å². The van der Waals surface area contributed by atoms with Gasteiger partial charge in [0, 0.05) is 19.2 Å². The molecule has 5 heterocycles. The summed E-state index contributed by atoms with van der Waals surface area (Å²) in [5.41, 5.74) is 2.93. The van der Waals surface area contributed by atoms with Gasteiger partial charge in [0.05, 0.1) is 26.2 Å². The summed E-state index contributed by atoms with van der Waals surface area (Å²) < 4.78 is 61.6. The van der Waals surface area contributed by atoms with Crippen molar-refractivity contribution in [3.05, 3.63) is 36.5 Å². The molecule has 2 aromatic heterocycles. The fourth-order valence-electron chi connectivity index (χ4n) is 5.19. The van der Waals surface area contributed by atoms with Crippen LogP contribution < -0.4 is 24.3 Å². The van der Waals surface area contributed by atoms with E-state index >= 15 is 0 Å². The molecule has 1 aromatic carbocycles. The third kappa shape index (κ3) is 6.69. The number of anilines is 2. The Bertz CT molecular complexity index is 1270. The van der Waals surface area contributed by atoms with E-state index in [1.807, 2.05) is 24.3 Å². The third-order valence-electron chi connectivity index (χ3n) is 6.75. The van der Waals surface area contributed by atoms with E-state index in [1.165, 1.54) is 50.0 Å². The summed E-state index contributed by atoms with van der Waals surface area (Å²) in [6, 6.07) is 10.0. The second kappa shape index (κ2) is 9.32. The monoisotopic (exact) mass is 565 g/mol. The Morgan fingerprint density at radius 1 is 0.737 bits per heavy atom. The molecule has 0 spiro atoms. The van der Waals surface area contributed by atoms with Gasteiger partial charge >= 0.3 is 38.8 Å². The summed E-state index contributed by atoms with van der Waals surface area (Å²) in [5, 5.41) is 11.0. The van der Waals surface area contributed by atoms with Gasteiger partial charge in [-0.15, -0.1) is 9.77 Å². The Kier molecular flexibility index (Phi) is 6.52. The molecule has 15 heteroatoms. The molecule has 38 heavy (non-hydrogen) atoms. The number of para-hydroxylation sites is 1. The first-order chi connectivity index (χ1) is 17.8. The first-order valence-corrected chi connectivity index (χ1v) is 14.8.